The van der Waals surface area contributed by atoms with Crippen molar-refractivity contribution in [3.05, 3.63) is 376 Å². The summed E-state index contributed by atoms with van der Waals surface area (Å²) in [5, 5.41) is 15.4. The SMILES string of the molecule is Cn1c(-c2[c-]c(Oc3[c-]c(N4c5ccccc5[Si](c5ccccc5)(c5ccccc5)c5c4ncc4c5sc5ccccc54)ccc3)ccc2)nc2ccccc21.Cn1c(-c2[c-]c(Oc3[c-]c(N4c5ccccc5[Si](c5ccccc5)(c5ccccc5)c5c4ncc4sc6ccccc6c54)ccc3)ccc2)nc2ccccc21.[Pd+2].[Pd+2]. The van der Waals surface area contributed by atoms with Gasteiger partial charge in [0.25, 0.3) is 0 Å². The van der Waals surface area contributed by atoms with Crippen LogP contribution in [0.3, 0.4) is 0 Å². The van der Waals surface area contributed by atoms with E-state index in [1.165, 1.54) is 81.8 Å². The van der Waals surface area contributed by atoms with E-state index < -0.39 is 16.1 Å². The van der Waals surface area contributed by atoms with E-state index in [0.29, 0.717) is 23.0 Å². The van der Waals surface area contributed by atoms with Crippen LogP contribution in [0.4, 0.5) is 34.4 Å². The van der Waals surface area contributed by atoms with Crippen LogP contribution >= 0.6 is 22.7 Å². The van der Waals surface area contributed by atoms with E-state index in [4.69, 9.17) is 29.4 Å². The summed E-state index contributed by atoms with van der Waals surface area (Å²) < 4.78 is 22.3. The molecule has 2 aliphatic heterocycles. The number of fused-ring (bicyclic) bond motifs is 14. The first-order valence-corrected chi connectivity index (χ1v) is 42.9. The molecule has 10 nitrogen and oxygen atoms in total. The predicted molar refractivity (Wildman–Crippen MR) is 466 cm³/mol. The average molecular weight is 1720 g/mol. The fourth-order valence-corrected chi connectivity index (χ4v) is 30.5. The normalized spacial score (nSPS) is 13.0. The molecule has 22 rings (SSSR count). The molecule has 2 aliphatic rings. The van der Waals surface area contributed by atoms with Crippen molar-refractivity contribution in [1.29, 1.82) is 0 Å². The van der Waals surface area contributed by atoms with Crippen LogP contribution in [-0.4, -0.2) is 45.2 Å². The zero-order chi connectivity index (χ0) is 74.4. The molecule has 0 saturated carbocycles. The van der Waals surface area contributed by atoms with Gasteiger partial charge in [-0.25, -0.2) is 9.97 Å². The Hall–Kier alpha value is -12.3. The van der Waals surface area contributed by atoms with Crippen LogP contribution in [0.5, 0.6) is 23.0 Å². The number of anilines is 6. The Morgan fingerprint density at radius 2 is 0.711 bits per heavy atom. The van der Waals surface area contributed by atoms with E-state index in [0.717, 1.165) is 79.2 Å². The van der Waals surface area contributed by atoms with E-state index in [1.807, 2.05) is 134 Å². The summed E-state index contributed by atoms with van der Waals surface area (Å²) in [7, 11) is -1.88. The third-order valence-corrected chi connectivity index (χ3v) is 34.1. The number of aryl methyl sites for hydroxylation is 2. The molecule has 16 heteroatoms. The predicted octanol–water partition coefficient (Wildman–Crippen LogP) is 19.1. The van der Waals surface area contributed by atoms with Crippen molar-refractivity contribution >= 4 is 177 Å². The maximum atomic E-state index is 6.57. The first-order chi connectivity index (χ1) is 55.4. The number of ether oxygens (including phenoxy) is 2. The Kier molecular flexibility index (Phi) is 18.7. The first-order valence-electron chi connectivity index (χ1n) is 37.3. The van der Waals surface area contributed by atoms with Gasteiger partial charge in [0, 0.05) is 107 Å². The molecule has 548 valence electrons. The number of benzene rings is 14. The molecule has 0 fully saturated rings. The van der Waals surface area contributed by atoms with E-state index >= 15 is 0 Å². The molecule has 0 bridgehead atoms. The third kappa shape index (κ3) is 11.7. The number of hydrogen-bond donors (Lipinski definition) is 0. The maximum Gasteiger partial charge on any atom is 2.00 e. The molecule has 8 heterocycles. The van der Waals surface area contributed by atoms with Gasteiger partial charge in [0.2, 0.25) is 0 Å². The molecule has 0 N–H and O–H groups in total. The van der Waals surface area contributed by atoms with Crippen molar-refractivity contribution in [2.75, 3.05) is 9.80 Å². The van der Waals surface area contributed by atoms with Crippen molar-refractivity contribution in [3.63, 3.8) is 0 Å². The fraction of sp³-hybridized carbons (Fsp3) is 0.0204. The largest absolute Gasteiger partial charge is 2.00 e. The summed E-state index contributed by atoms with van der Waals surface area (Å²) >= 11 is 3.68. The monoisotopic (exact) mass is 1720 g/mol. The quantitative estimate of drug-likeness (QED) is 0.0883. The van der Waals surface area contributed by atoms with Crippen LogP contribution in [0.1, 0.15) is 0 Å². The topological polar surface area (TPSA) is 86.4 Å². The van der Waals surface area contributed by atoms with Gasteiger partial charge in [-0.15, -0.1) is 107 Å². The van der Waals surface area contributed by atoms with Crippen LogP contribution in [0, 0.1) is 24.3 Å². The van der Waals surface area contributed by atoms with Gasteiger partial charge in [0.1, 0.15) is 11.6 Å². The van der Waals surface area contributed by atoms with Crippen molar-refractivity contribution in [3.8, 4) is 45.8 Å². The van der Waals surface area contributed by atoms with Gasteiger partial charge < -0.3 is 28.4 Å². The van der Waals surface area contributed by atoms with Gasteiger partial charge in [0.15, 0.2) is 16.1 Å². The third-order valence-electron chi connectivity index (χ3n) is 21.9. The van der Waals surface area contributed by atoms with Crippen LogP contribution in [0.25, 0.3) is 85.2 Å². The Labute approximate surface area is 696 Å². The molecule has 0 atom stereocenters. The zero-order valence-electron chi connectivity index (χ0n) is 61.3. The van der Waals surface area contributed by atoms with E-state index in [9.17, 15) is 0 Å². The van der Waals surface area contributed by atoms with Crippen LogP contribution in [0.2, 0.25) is 0 Å². The number of para-hydroxylation sites is 6. The molecule has 14 aromatic carbocycles. The Morgan fingerprint density at radius 3 is 1.20 bits per heavy atom. The molecule has 114 heavy (non-hydrogen) atoms. The van der Waals surface area contributed by atoms with Gasteiger partial charge in [-0.3, -0.25) is 9.97 Å². The Morgan fingerprint density at radius 1 is 0.325 bits per heavy atom. The van der Waals surface area contributed by atoms with Crippen LogP contribution < -0.4 is 60.8 Å². The second-order valence-electron chi connectivity index (χ2n) is 28.1. The minimum atomic E-state index is -2.98. The molecule has 0 amide bonds. The van der Waals surface area contributed by atoms with Crippen molar-refractivity contribution in [2.45, 2.75) is 0 Å². The maximum absolute atomic E-state index is 6.57. The number of hydrogen-bond acceptors (Lipinski definition) is 10. The number of nitrogens with zero attached hydrogens (tertiary/aromatic N) is 8. The number of pyridine rings is 2. The second-order valence-corrected chi connectivity index (χ2v) is 37.6. The van der Waals surface area contributed by atoms with Gasteiger partial charge in [-0.05, 0) is 79.7 Å². The van der Waals surface area contributed by atoms with E-state index in [2.05, 4.69) is 298 Å². The Bertz CT molecular complexity index is 6980. The van der Waals surface area contributed by atoms with E-state index in [-0.39, 0.29) is 40.8 Å². The minimum absolute atomic E-state index is 0. The second kappa shape index (κ2) is 29.7. The molecule has 0 unspecified atom stereocenters. The molecule has 0 spiro atoms. The first kappa shape index (κ1) is 72.0. The van der Waals surface area contributed by atoms with Gasteiger partial charge >= 0.3 is 40.8 Å². The van der Waals surface area contributed by atoms with Gasteiger partial charge in [-0.2, -0.15) is 12.1 Å². The number of imidazole rings is 2. The average Bonchev–Trinajstić information content (AvgIpc) is 1.09. The summed E-state index contributed by atoms with van der Waals surface area (Å²) in [6.45, 7) is 0. The van der Waals surface area contributed by atoms with Gasteiger partial charge in [0.05, 0.1) is 38.4 Å². The number of aromatic nitrogens is 6. The molecule has 0 radical (unpaired) electrons. The summed E-state index contributed by atoms with van der Waals surface area (Å²) in [6.07, 6.45) is 4.14. The molecule has 6 aromatic heterocycles. The molecular weight excluding hydrogens is 1650 g/mol. The zero-order valence-corrected chi connectivity index (χ0v) is 68.1. The summed E-state index contributed by atoms with van der Waals surface area (Å²) in [5.74, 6) is 5.86. The number of thiophene rings is 2. The molecule has 20 aromatic rings. The standard InChI is InChI=1S/2C49H32N4OSSi.2Pd/c1-52-42-26-10-9-25-41(42)51-48(52)33-16-14-18-35(30-33)54-36-19-15-17-34(31-36)53-43-27-11-13-29-45(43)56(37-20-4-2-5-21-37,38-22-6-3-7-23-38)47-46-40(32-50-49(47)53)39-24-8-12-28-44(39)55-46;1-52-41-26-10-9-25-40(41)51-48(52)33-16-14-18-35(30-33)54-36-19-15-17-34(31-36)53-42-27-11-13-29-45(42)56(37-20-4-2-5-21-37,38-22-6-3-7-23-38)47-46-39-24-8-12-28-43(39)55-44(46)32-50-49(47)53;;/h2*2-29,32H,1H3;;/q2*-2;2*+2. The van der Waals surface area contributed by atoms with Gasteiger partial charge in [-0.1, -0.05) is 242 Å². The van der Waals surface area contributed by atoms with Crippen LogP contribution in [-0.2, 0) is 54.9 Å². The summed E-state index contributed by atoms with van der Waals surface area (Å²) in [5.41, 5.74) is 9.62. The molecule has 0 saturated heterocycles. The van der Waals surface area contributed by atoms with Crippen molar-refractivity contribution in [2.24, 2.45) is 14.1 Å². The molecule has 0 aliphatic carbocycles. The smallest absolute Gasteiger partial charge is 0.503 e. The van der Waals surface area contributed by atoms with Crippen LogP contribution in [0.15, 0.2) is 352 Å². The molecular formula is C98H64N8O2Pd2S2Si2. The number of rotatable bonds is 12. The van der Waals surface area contributed by atoms with E-state index in [1.54, 1.807) is 0 Å². The Balaban J connectivity index is 0.000000150. The summed E-state index contributed by atoms with van der Waals surface area (Å²) in [4.78, 5) is 25.3. The summed E-state index contributed by atoms with van der Waals surface area (Å²) in [6, 6.07) is 134. The van der Waals surface area contributed by atoms with Crippen molar-refractivity contribution in [1.82, 2.24) is 29.1 Å². The van der Waals surface area contributed by atoms with Crippen molar-refractivity contribution < 1.29 is 50.3 Å². The minimum Gasteiger partial charge on any atom is -0.503 e. The fourth-order valence-electron chi connectivity index (χ4n) is 17.2.